The molecule has 6 aromatic rings. The minimum atomic E-state index is -0.125. The summed E-state index contributed by atoms with van der Waals surface area (Å²) < 4.78 is 0. The molecule has 0 saturated carbocycles. The molecule has 0 bridgehead atoms. The molecule has 9 heteroatoms. The van der Waals surface area contributed by atoms with E-state index < -0.39 is 0 Å². The highest BCUT2D eigenvalue weighted by Crippen LogP contribution is 2.49. The normalized spacial score (nSPS) is 15.4. The first kappa shape index (κ1) is 37.0. The van der Waals surface area contributed by atoms with E-state index in [9.17, 15) is 0 Å². The third kappa shape index (κ3) is 7.63. The van der Waals surface area contributed by atoms with Crippen LogP contribution in [0.15, 0.2) is 97.1 Å². The number of benzene rings is 4. The first-order chi connectivity index (χ1) is 26.4. The number of likely N-dealkylation sites (tertiary alicyclic amines) is 2. The maximum Gasteiger partial charge on any atom is 0.194 e. The molecule has 2 saturated heterocycles. The number of rotatable bonds is 10. The van der Waals surface area contributed by atoms with E-state index >= 15 is 4.79 Å². The minimum Gasteiger partial charge on any atom is -0.390 e. The Labute approximate surface area is 336 Å². The summed E-state index contributed by atoms with van der Waals surface area (Å²) in [6.07, 6.45) is 7.19. The van der Waals surface area contributed by atoms with Crippen LogP contribution in [0.2, 0.25) is 10.0 Å². The molecule has 4 N–H and O–H groups in total. The van der Waals surface area contributed by atoms with Crippen molar-refractivity contribution in [1.82, 2.24) is 9.80 Å². The molecule has 0 aliphatic carbocycles. The third-order valence-corrected chi connectivity index (χ3v) is 13.5. The van der Waals surface area contributed by atoms with E-state index in [1.165, 1.54) is 38.5 Å². The zero-order chi connectivity index (χ0) is 37.2. The molecule has 0 atom stereocenters. The smallest absolute Gasteiger partial charge is 0.194 e. The predicted octanol–water partition coefficient (Wildman–Crippen LogP) is 12.2. The molecule has 0 amide bonds. The number of anilines is 2. The number of nitrogen functional groups attached to an aromatic ring is 2. The number of hydrogen-bond donors (Lipinski definition) is 2. The van der Waals surface area contributed by atoms with E-state index in [0.29, 0.717) is 31.2 Å². The van der Waals surface area contributed by atoms with E-state index in [1.807, 2.05) is 36.4 Å². The van der Waals surface area contributed by atoms with Crippen molar-refractivity contribution in [3.05, 3.63) is 129 Å². The topological polar surface area (TPSA) is 75.6 Å². The van der Waals surface area contributed by atoms with Crippen molar-refractivity contribution >= 4 is 61.7 Å². The Hall–Kier alpha value is -3.95. The van der Waals surface area contributed by atoms with Crippen LogP contribution in [0.4, 0.5) is 10.0 Å². The van der Waals surface area contributed by atoms with Gasteiger partial charge in [0, 0.05) is 55.1 Å². The monoisotopic (exact) mass is 790 g/mol. The Morgan fingerprint density at radius 2 is 0.944 bits per heavy atom. The Kier molecular flexibility index (Phi) is 11.2. The zero-order valence-corrected chi connectivity index (χ0v) is 33.4. The summed E-state index contributed by atoms with van der Waals surface area (Å²) >= 11 is 16.7. The van der Waals surface area contributed by atoms with Gasteiger partial charge in [0.2, 0.25) is 0 Å². The molecule has 2 aliphatic rings. The van der Waals surface area contributed by atoms with Crippen LogP contribution in [0, 0.1) is 0 Å². The fourth-order valence-electron chi connectivity index (χ4n) is 8.18. The molecule has 4 heterocycles. The summed E-state index contributed by atoms with van der Waals surface area (Å²) in [5, 5.41) is 2.44. The SMILES string of the molecule is Nc1sc(-c2ccccc2)c(CN2CCCCC2)c1-c1cc(Cl)ccc1C(=O)c1ccc(Cl)cc1-c1c(N)sc(-c2ccccc2)c1CN1CCCCC1. The molecule has 4 aromatic carbocycles. The Balaban J connectivity index is 1.28. The number of nitrogens with two attached hydrogens (primary N) is 2. The standard InChI is InChI=1S/C45H44Cl2N4OS2/c46-31-17-19-33(35(25-31)39-37(27-50-21-9-3-10-22-50)42(53-44(39)48)29-13-5-1-6-14-29)41(52)34-20-18-32(47)26-36(34)40-38(28-51-23-11-4-12-24-51)43(54-45(40)49)30-15-7-2-8-16-30/h1-2,5-8,13-20,25-26H,3-4,9-12,21-24,27-28,48-49H2. The first-order valence-electron chi connectivity index (χ1n) is 18.9. The van der Waals surface area contributed by atoms with Gasteiger partial charge in [-0.2, -0.15) is 0 Å². The highest BCUT2D eigenvalue weighted by molar-refractivity contribution is 7.20. The van der Waals surface area contributed by atoms with Gasteiger partial charge in [0.05, 0.1) is 10.0 Å². The second-order valence-corrected chi connectivity index (χ2v) is 17.4. The summed E-state index contributed by atoms with van der Waals surface area (Å²) in [7, 11) is 0. The largest absolute Gasteiger partial charge is 0.390 e. The van der Waals surface area contributed by atoms with Gasteiger partial charge < -0.3 is 11.5 Å². The third-order valence-electron chi connectivity index (χ3n) is 10.8. The lowest BCUT2D eigenvalue weighted by molar-refractivity contribution is 0.104. The number of halogens is 2. The Morgan fingerprint density at radius 3 is 1.33 bits per heavy atom. The molecule has 5 nitrogen and oxygen atoms in total. The maximum atomic E-state index is 15.3. The van der Waals surface area contributed by atoms with Gasteiger partial charge in [-0.25, -0.2) is 0 Å². The summed E-state index contributed by atoms with van der Waals surface area (Å²) in [4.78, 5) is 22.5. The van der Waals surface area contributed by atoms with Crippen LogP contribution in [0.5, 0.6) is 0 Å². The van der Waals surface area contributed by atoms with Crippen LogP contribution in [0.3, 0.4) is 0 Å². The number of carbonyl (C=O) groups excluding carboxylic acids is 1. The summed E-state index contributed by atoms with van der Waals surface area (Å²) in [5.74, 6) is -0.125. The highest BCUT2D eigenvalue weighted by Gasteiger charge is 2.29. The lowest BCUT2D eigenvalue weighted by Crippen LogP contribution is -2.29. The van der Waals surface area contributed by atoms with Gasteiger partial charge in [-0.1, -0.05) is 96.7 Å². The summed E-state index contributed by atoms with van der Waals surface area (Å²) in [6, 6.07) is 32.0. The van der Waals surface area contributed by atoms with Crippen LogP contribution in [0.1, 0.15) is 65.6 Å². The Bertz CT molecular complexity index is 2110. The summed E-state index contributed by atoms with van der Waals surface area (Å²) in [6.45, 7) is 5.62. The van der Waals surface area contributed by atoms with E-state index in [1.54, 1.807) is 34.8 Å². The van der Waals surface area contributed by atoms with Crippen LogP contribution in [-0.4, -0.2) is 41.8 Å². The highest BCUT2D eigenvalue weighted by atomic mass is 35.5. The molecule has 0 radical (unpaired) electrons. The van der Waals surface area contributed by atoms with Crippen molar-refractivity contribution in [1.29, 1.82) is 0 Å². The molecule has 276 valence electrons. The second-order valence-electron chi connectivity index (χ2n) is 14.4. The number of piperidine rings is 2. The number of ketones is 1. The van der Waals surface area contributed by atoms with Crippen molar-refractivity contribution in [2.75, 3.05) is 37.6 Å². The maximum absolute atomic E-state index is 15.3. The fourth-order valence-corrected chi connectivity index (χ4v) is 10.7. The average molecular weight is 792 g/mol. The first-order valence-corrected chi connectivity index (χ1v) is 21.3. The predicted molar refractivity (Wildman–Crippen MR) is 231 cm³/mol. The van der Waals surface area contributed by atoms with E-state index in [2.05, 4.69) is 58.3 Å². The van der Waals surface area contributed by atoms with Crippen molar-refractivity contribution < 1.29 is 4.79 Å². The quantitative estimate of drug-likeness (QED) is 0.135. The van der Waals surface area contributed by atoms with Crippen molar-refractivity contribution in [3.63, 3.8) is 0 Å². The van der Waals surface area contributed by atoms with Crippen molar-refractivity contribution in [2.45, 2.75) is 51.6 Å². The van der Waals surface area contributed by atoms with Crippen LogP contribution in [-0.2, 0) is 13.1 Å². The van der Waals surface area contributed by atoms with Crippen LogP contribution >= 0.6 is 45.9 Å². The number of hydrogen-bond acceptors (Lipinski definition) is 7. The minimum absolute atomic E-state index is 0.125. The number of carbonyl (C=O) groups is 1. The molecular formula is C45H44Cl2N4OS2. The van der Waals surface area contributed by atoms with Gasteiger partial charge in [0.15, 0.2) is 5.78 Å². The van der Waals surface area contributed by atoms with Crippen molar-refractivity contribution in [3.8, 4) is 43.1 Å². The van der Waals surface area contributed by atoms with E-state index in [-0.39, 0.29) is 5.78 Å². The van der Waals surface area contributed by atoms with Gasteiger partial charge in [0.1, 0.15) is 0 Å². The molecule has 8 rings (SSSR count). The second kappa shape index (κ2) is 16.4. The number of thiophene rings is 2. The van der Waals surface area contributed by atoms with E-state index in [4.69, 9.17) is 34.7 Å². The molecular weight excluding hydrogens is 748 g/mol. The van der Waals surface area contributed by atoms with Gasteiger partial charge in [-0.3, -0.25) is 14.6 Å². The lowest BCUT2D eigenvalue weighted by Gasteiger charge is -2.27. The molecule has 54 heavy (non-hydrogen) atoms. The average Bonchev–Trinajstić information content (AvgIpc) is 3.70. The van der Waals surface area contributed by atoms with Gasteiger partial charge in [-0.15, -0.1) is 22.7 Å². The zero-order valence-electron chi connectivity index (χ0n) is 30.3. The van der Waals surface area contributed by atoms with Gasteiger partial charge >= 0.3 is 0 Å². The van der Waals surface area contributed by atoms with Gasteiger partial charge in [-0.05, 0) is 122 Å². The lowest BCUT2D eigenvalue weighted by atomic mass is 9.87. The molecule has 2 aromatic heterocycles. The molecule has 0 spiro atoms. The van der Waals surface area contributed by atoms with Crippen LogP contribution < -0.4 is 11.5 Å². The number of nitrogens with zero attached hydrogens (tertiary/aromatic N) is 2. The molecule has 0 unspecified atom stereocenters. The van der Waals surface area contributed by atoms with Crippen LogP contribution in [0.25, 0.3) is 43.1 Å². The van der Waals surface area contributed by atoms with Gasteiger partial charge in [0.25, 0.3) is 0 Å². The molecule has 2 fully saturated rings. The Morgan fingerprint density at radius 1 is 0.556 bits per heavy atom. The fraction of sp³-hybridized carbons (Fsp3) is 0.267. The van der Waals surface area contributed by atoms with Crippen molar-refractivity contribution in [2.24, 2.45) is 0 Å². The summed E-state index contributed by atoms with van der Waals surface area (Å²) in [5.41, 5.74) is 22.9. The molecule has 2 aliphatic heterocycles. The van der Waals surface area contributed by atoms with E-state index in [0.717, 1.165) is 93.5 Å².